The highest BCUT2D eigenvalue weighted by atomic mass is 16.7. The maximum Gasteiger partial charge on any atom is 0.252 e. The third-order valence-electron chi connectivity index (χ3n) is 5.21. The van der Waals surface area contributed by atoms with E-state index in [2.05, 4.69) is 10.6 Å². The van der Waals surface area contributed by atoms with Crippen LogP contribution in [0, 0.1) is 5.92 Å². The van der Waals surface area contributed by atoms with Gasteiger partial charge in [0.2, 0.25) is 18.6 Å². The van der Waals surface area contributed by atoms with Crippen LogP contribution < -0.4 is 20.1 Å². The quantitative estimate of drug-likeness (QED) is 0.764. The summed E-state index contributed by atoms with van der Waals surface area (Å²) in [6, 6.07) is 4.33. The van der Waals surface area contributed by atoms with Crippen molar-refractivity contribution < 1.29 is 23.9 Å². The average molecular weight is 389 g/mol. The topological polar surface area (TPSA) is 97.0 Å². The first-order chi connectivity index (χ1) is 13.5. The lowest BCUT2D eigenvalue weighted by Gasteiger charge is -2.35. The number of nitrogens with one attached hydrogen (secondary N) is 2. The molecule has 3 amide bonds. The molecule has 2 aliphatic rings. The number of hydrogen-bond acceptors (Lipinski definition) is 5. The highest BCUT2D eigenvalue weighted by Crippen LogP contribution is 2.32. The van der Waals surface area contributed by atoms with E-state index in [-0.39, 0.29) is 30.4 Å². The van der Waals surface area contributed by atoms with Crippen LogP contribution in [0.25, 0.3) is 0 Å². The van der Waals surface area contributed by atoms with Crippen LogP contribution in [0.5, 0.6) is 11.5 Å². The lowest BCUT2D eigenvalue weighted by atomic mass is 9.88. The molecule has 0 aromatic heterocycles. The maximum absolute atomic E-state index is 12.8. The van der Waals surface area contributed by atoms with Crippen LogP contribution in [-0.2, 0) is 9.59 Å². The number of likely N-dealkylation sites (tertiary alicyclic amines) is 1. The molecule has 0 saturated carbocycles. The second-order valence-electron chi connectivity index (χ2n) is 7.15. The minimum Gasteiger partial charge on any atom is -0.454 e. The minimum atomic E-state index is -0.640. The Morgan fingerprint density at radius 2 is 1.89 bits per heavy atom. The van der Waals surface area contributed by atoms with Gasteiger partial charge in [-0.25, -0.2) is 0 Å². The van der Waals surface area contributed by atoms with Gasteiger partial charge in [0.1, 0.15) is 6.04 Å². The standard InChI is InChI=1S/C20H27N3O5/c1-3-8-21-20(26)18(14-6-9-23(10-7-14)13(2)24)22-19(25)15-4-5-16-17(11-15)28-12-27-16/h4-5,11,14,18H,3,6-10,12H2,1-2H3,(H,21,26)(H,22,25). The Kier molecular flexibility index (Phi) is 6.38. The van der Waals surface area contributed by atoms with Crippen LogP contribution in [0.1, 0.15) is 43.5 Å². The van der Waals surface area contributed by atoms with Crippen molar-refractivity contribution in [2.24, 2.45) is 5.92 Å². The van der Waals surface area contributed by atoms with E-state index in [0.29, 0.717) is 49.5 Å². The summed E-state index contributed by atoms with van der Waals surface area (Å²) in [6.45, 7) is 5.41. The van der Waals surface area contributed by atoms with Crippen LogP contribution in [0.4, 0.5) is 0 Å². The number of benzene rings is 1. The van der Waals surface area contributed by atoms with Crippen molar-refractivity contribution in [3.05, 3.63) is 23.8 Å². The Bertz CT molecular complexity index is 743. The molecule has 0 radical (unpaired) electrons. The van der Waals surface area contributed by atoms with Crippen LogP contribution in [0.15, 0.2) is 18.2 Å². The molecule has 3 rings (SSSR count). The number of fused-ring (bicyclic) bond motifs is 1. The molecule has 0 bridgehead atoms. The zero-order chi connectivity index (χ0) is 20.1. The lowest BCUT2D eigenvalue weighted by molar-refractivity contribution is -0.130. The SMILES string of the molecule is CCCNC(=O)C(NC(=O)c1ccc2c(c1)OCO2)C1CCN(C(C)=O)CC1. The number of hydrogen-bond donors (Lipinski definition) is 2. The van der Waals surface area contributed by atoms with Gasteiger partial charge in [-0.3, -0.25) is 14.4 Å². The monoisotopic (exact) mass is 389 g/mol. The van der Waals surface area contributed by atoms with E-state index in [1.165, 1.54) is 0 Å². The van der Waals surface area contributed by atoms with Gasteiger partial charge in [-0.05, 0) is 43.4 Å². The summed E-state index contributed by atoms with van der Waals surface area (Å²) < 4.78 is 10.6. The van der Waals surface area contributed by atoms with Crippen molar-refractivity contribution in [1.82, 2.24) is 15.5 Å². The van der Waals surface area contributed by atoms with Crippen molar-refractivity contribution >= 4 is 17.7 Å². The van der Waals surface area contributed by atoms with E-state index in [9.17, 15) is 14.4 Å². The molecule has 8 heteroatoms. The normalized spacial score (nSPS) is 17.1. The zero-order valence-electron chi connectivity index (χ0n) is 16.3. The van der Waals surface area contributed by atoms with E-state index in [1.807, 2.05) is 6.92 Å². The summed E-state index contributed by atoms with van der Waals surface area (Å²) >= 11 is 0. The van der Waals surface area contributed by atoms with Gasteiger partial charge in [0, 0.05) is 32.1 Å². The number of rotatable bonds is 6. The van der Waals surface area contributed by atoms with Gasteiger partial charge in [-0.1, -0.05) is 6.92 Å². The predicted molar refractivity (Wildman–Crippen MR) is 102 cm³/mol. The number of nitrogens with zero attached hydrogens (tertiary/aromatic N) is 1. The molecule has 152 valence electrons. The Morgan fingerprint density at radius 1 is 1.18 bits per heavy atom. The van der Waals surface area contributed by atoms with Gasteiger partial charge in [0.25, 0.3) is 5.91 Å². The smallest absolute Gasteiger partial charge is 0.252 e. The molecular formula is C20H27N3O5. The maximum atomic E-state index is 12.8. The Morgan fingerprint density at radius 3 is 2.57 bits per heavy atom. The van der Waals surface area contributed by atoms with Gasteiger partial charge in [0.15, 0.2) is 11.5 Å². The summed E-state index contributed by atoms with van der Waals surface area (Å²) in [5.41, 5.74) is 0.415. The molecule has 1 saturated heterocycles. The third-order valence-corrected chi connectivity index (χ3v) is 5.21. The second-order valence-corrected chi connectivity index (χ2v) is 7.15. The molecular weight excluding hydrogens is 362 g/mol. The molecule has 2 aliphatic heterocycles. The summed E-state index contributed by atoms with van der Waals surface area (Å²) in [5, 5.41) is 5.78. The molecule has 1 aromatic carbocycles. The summed E-state index contributed by atoms with van der Waals surface area (Å²) in [4.78, 5) is 38.9. The fourth-order valence-corrected chi connectivity index (χ4v) is 3.57. The average Bonchev–Trinajstić information content (AvgIpc) is 3.18. The van der Waals surface area contributed by atoms with Crippen molar-refractivity contribution in [2.45, 2.75) is 39.2 Å². The Labute approximate surface area is 164 Å². The van der Waals surface area contributed by atoms with E-state index in [0.717, 1.165) is 6.42 Å². The van der Waals surface area contributed by atoms with Gasteiger partial charge in [-0.15, -0.1) is 0 Å². The number of amides is 3. The van der Waals surface area contributed by atoms with Crippen molar-refractivity contribution in [1.29, 1.82) is 0 Å². The van der Waals surface area contributed by atoms with Gasteiger partial charge in [-0.2, -0.15) is 0 Å². The lowest BCUT2D eigenvalue weighted by Crippen LogP contribution is -2.53. The first-order valence-corrected chi connectivity index (χ1v) is 9.73. The summed E-state index contributed by atoms with van der Waals surface area (Å²) in [7, 11) is 0. The number of piperidine rings is 1. The fourth-order valence-electron chi connectivity index (χ4n) is 3.57. The predicted octanol–water partition coefficient (Wildman–Crippen LogP) is 1.30. The molecule has 0 aliphatic carbocycles. The molecule has 1 unspecified atom stereocenters. The first kappa shape index (κ1) is 20.0. The first-order valence-electron chi connectivity index (χ1n) is 9.73. The Balaban J connectivity index is 1.70. The molecule has 8 nitrogen and oxygen atoms in total. The number of carbonyl (C=O) groups is 3. The van der Waals surface area contributed by atoms with Crippen LogP contribution in [-0.4, -0.2) is 55.1 Å². The van der Waals surface area contributed by atoms with Crippen molar-refractivity contribution in [2.75, 3.05) is 26.4 Å². The van der Waals surface area contributed by atoms with Crippen LogP contribution in [0.2, 0.25) is 0 Å². The van der Waals surface area contributed by atoms with E-state index < -0.39 is 6.04 Å². The fraction of sp³-hybridized carbons (Fsp3) is 0.550. The van der Waals surface area contributed by atoms with Gasteiger partial charge in [0.05, 0.1) is 0 Å². The molecule has 1 aromatic rings. The molecule has 28 heavy (non-hydrogen) atoms. The van der Waals surface area contributed by atoms with E-state index in [1.54, 1.807) is 30.0 Å². The van der Waals surface area contributed by atoms with Crippen LogP contribution in [0.3, 0.4) is 0 Å². The van der Waals surface area contributed by atoms with Crippen molar-refractivity contribution in [3.63, 3.8) is 0 Å². The number of ether oxygens (including phenoxy) is 2. The molecule has 2 heterocycles. The summed E-state index contributed by atoms with van der Waals surface area (Å²) in [5.74, 6) is 0.626. The molecule has 1 atom stereocenters. The van der Waals surface area contributed by atoms with E-state index in [4.69, 9.17) is 9.47 Å². The van der Waals surface area contributed by atoms with Gasteiger partial charge >= 0.3 is 0 Å². The minimum absolute atomic E-state index is 0.0228. The largest absolute Gasteiger partial charge is 0.454 e. The highest BCUT2D eigenvalue weighted by Gasteiger charge is 2.33. The van der Waals surface area contributed by atoms with Crippen LogP contribution >= 0.6 is 0 Å². The van der Waals surface area contributed by atoms with Gasteiger partial charge < -0.3 is 25.0 Å². The highest BCUT2D eigenvalue weighted by molar-refractivity contribution is 5.98. The van der Waals surface area contributed by atoms with E-state index >= 15 is 0 Å². The zero-order valence-corrected chi connectivity index (χ0v) is 16.3. The molecule has 0 spiro atoms. The Hall–Kier alpha value is -2.77. The van der Waals surface area contributed by atoms with Crippen molar-refractivity contribution in [3.8, 4) is 11.5 Å². The summed E-state index contributed by atoms with van der Waals surface area (Å²) in [6.07, 6.45) is 2.16. The second kappa shape index (κ2) is 8.95. The molecule has 1 fully saturated rings. The molecule has 2 N–H and O–H groups in total. The third kappa shape index (κ3) is 4.55. The number of carbonyl (C=O) groups excluding carboxylic acids is 3.